The predicted octanol–water partition coefficient (Wildman–Crippen LogP) is 2.70. The summed E-state index contributed by atoms with van der Waals surface area (Å²) in [6.45, 7) is 10.8. The molecular weight excluding hydrogens is 505 g/mol. The van der Waals surface area contributed by atoms with E-state index in [0.29, 0.717) is 17.9 Å². The highest BCUT2D eigenvalue weighted by atomic mass is 127. The molecule has 3 aliphatic rings. The number of morpholine rings is 1. The van der Waals surface area contributed by atoms with Gasteiger partial charge in [-0.3, -0.25) is 14.7 Å². The van der Waals surface area contributed by atoms with Crippen LogP contribution in [0.4, 0.5) is 0 Å². The molecular formula is C23H44IN5O2. The van der Waals surface area contributed by atoms with E-state index < -0.39 is 0 Å². The first-order valence-corrected chi connectivity index (χ1v) is 12.1. The number of nitrogens with one attached hydrogen (secondary N) is 2. The molecule has 1 saturated carbocycles. The van der Waals surface area contributed by atoms with Crippen molar-refractivity contribution in [2.24, 2.45) is 16.8 Å². The van der Waals surface area contributed by atoms with Gasteiger partial charge in [-0.2, -0.15) is 0 Å². The van der Waals surface area contributed by atoms with Gasteiger partial charge in [-0.25, -0.2) is 0 Å². The number of carbonyl (C=O) groups excluding carboxylic acids is 1. The van der Waals surface area contributed by atoms with E-state index in [1.165, 1.54) is 19.3 Å². The third kappa shape index (κ3) is 8.35. The van der Waals surface area contributed by atoms with E-state index in [4.69, 9.17) is 4.74 Å². The van der Waals surface area contributed by atoms with Gasteiger partial charge in [-0.05, 0) is 31.6 Å². The fraction of sp³-hybridized carbons (Fsp3) is 0.913. The van der Waals surface area contributed by atoms with Gasteiger partial charge >= 0.3 is 0 Å². The number of carbonyl (C=O) groups is 1. The van der Waals surface area contributed by atoms with Gasteiger partial charge in [0.15, 0.2) is 5.96 Å². The summed E-state index contributed by atoms with van der Waals surface area (Å²) in [4.78, 5) is 21.9. The number of aliphatic imine (C=N–C) groups is 1. The summed E-state index contributed by atoms with van der Waals surface area (Å²) in [6, 6.07) is 0.774. The molecule has 3 fully saturated rings. The maximum atomic E-state index is 12.8. The quantitative estimate of drug-likeness (QED) is 0.291. The second kappa shape index (κ2) is 13.8. The molecule has 31 heavy (non-hydrogen) atoms. The van der Waals surface area contributed by atoms with Gasteiger partial charge in [0.05, 0.1) is 13.2 Å². The average molecular weight is 550 g/mol. The monoisotopic (exact) mass is 549 g/mol. The molecule has 7 nitrogen and oxygen atoms in total. The van der Waals surface area contributed by atoms with Gasteiger partial charge < -0.3 is 20.3 Å². The Balaban J connectivity index is 0.00000341. The van der Waals surface area contributed by atoms with Crippen LogP contribution in [-0.2, 0) is 9.53 Å². The van der Waals surface area contributed by atoms with E-state index in [1.807, 2.05) is 7.05 Å². The summed E-state index contributed by atoms with van der Waals surface area (Å²) >= 11 is 0. The van der Waals surface area contributed by atoms with Crippen LogP contribution >= 0.6 is 24.0 Å². The Bertz CT molecular complexity index is 562. The van der Waals surface area contributed by atoms with Gasteiger partial charge in [0.25, 0.3) is 0 Å². The van der Waals surface area contributed by atoms with Crippen LogP contribution in [0.2, 0.25) is 0 Å². The summed E-state index contributed by atoms with van der Waals surface area (Å²) < 4.78 is 5.53. The SMILES string of the molecule is CN=C(NCC(CC(C)C)N1CCOCC1)NC1CCN(C(=O)C2CCCCC2)C1.I. The van der Waals surface area contributed by atoms with Gasteiger partial charge in [0.2, 0.25) is 5.91 Å². The Morgan fingerprint density at radius 2 is 1.81 bits per heavy atom. The lowest BCUT2D eigenvalue weighted by Gasteiger charge is -2.36. The number of halogens is 1. The van der Waals surface area contributed by atoms with Crippen molar-refractivity contribution in [1.29, 1.82) is 0 Å². The molecule has 0 aromatic rings. The average Bonchev–Trinajstić information content (AvgIpc) is 3.24. The zero-order valence-corrected chi connectivity index (χ0v) is 22.1. The molecule has 0 bridgehead atoms. The minimum absolute atomic E-state index is 0. The smallest absolute Gasteiger partial charge is 0.225 e. The topological polar surface area (TPSA) is 69.2 Å². The molecule has 8 heteroatoms. The van der Waals surface area contributed by atoms with Gasteiger partial charge in [0.1, 0.15) is 0 Å². The second-order valence-corrected chi connectivity index (χ2v) is 9.63. The molecule has 1 amide bonds. The third-order valence-electron chi connectivity index (χ3n) is 6.83. The van der Waals surface area contributed by atoms with E-state index >= 15 is 0 Å². The van der Waals surface area contributed by atoms with Crippen LogP contribution in [0.25, 0.3) is 0 Å². The second-order valence-electron chi connectivity index (χ2n) is 9.63. The van der Waals surface area contributed by atoms with Gasteiger partial charge in [-0.15, -0.1) is 24.0 Å². The Kier molecular flexibility index (Phi) is 11.9. The lowest BCUT2D eigenvalue weighted by Crippen LogP contribution is -2.52. The molecule has 2 heterocycles. The lowest BCUT2D eigenvalue weighted by atomic mass is 9.88. The molecule has 0 aromatic heterocycles. The molecule has 180 valence electrons. The zero-order chi connectivity index (χ0) is 21.3. The van der Waals surface area contributed by atoms with Crippen molar-refractivity contribution in [2.75, 3.05) is 53.0 Å². The minimum atomic E-state index is 0. The van der Waals surface area contributed by atoms with Crippen molar-refractivity contribution in [3.63, 3.8) is 0 Å². The first-order chi connectivity index (χ1) is 14.6. The van der Waals surface area contributed by atoms with Crippen LogP contribution in [0, 0.1) is 11.8 Å². The summed E-state index contributed by atoms with van der Waals surface area (Å²) in [5.41, 5.74) is 0. The standard InChI is InChI=1S/C23H43N5O2.HI/c1-18(2)15-21(27-11-13-30-14-12-27)16-25-23(24-3)26-20-9-10-28(17-20)22(29)19-7-5-4-6-8-19;/h18-21H,4-17H2,1-3H3,(H2,24,25,26);1H. The van der Waals surface area contributed by atoms with E-state index in [2.05, 4.69) is 39.3 Å². The van der Waals surface area contributed by atoms with E-state index in [1.54, 1.807) is 0 Å². The van der Waals surface area contributed by atoms with Crippen LogP contribution < -0.4 is 10.6 Å². The number of rotatable bonds is 7. The maximum Gasteiger partial charge on any atom is 0.225 e. The van der Waals surface area contributed by atoms with E-state index in [-0.39, 0.29) is 35.9 Å². The Labute approximate surface area is 206 Å². The lowest BCUT2D eigenvalue weighted by molar-refractivity contribution is -0.135. The van der Waals surface area contributed by atoms with Crippen molar-refractivity contribution in [2.45, 2.75) is 70.9 Å². The molecule has 2 unspecified atom stereocenters. The van der Waals surface area contributed by atoms with Crippen LogP contribution in [0.5, 0.6) is 0 Å². The normalized spacial score (nSPS) is 24.7. The highest BCUT2D eigenvalue weighted by molar-refractivity contribution is 14.0. The van der Waals surface area contributed by atoms with Crippen molar-refractivity contribution < 1.29 is 9.53 Å². The number of hydrogen-bond donors (Lipinski definition) is 2. The Morgan fingerprint density at radius 3 is 2.45 bits per heavy atom. The molecule has 2 atom stereocenters. The summed E-state index contributed by atoms with van der Waals surface area (Å²) in [6.07, 6.45) is 8.03. The number of amides is 1. The fourth-order valence-electron chi connectivity index (χ4n) is 5.14. The molecule has 0 radical (unpaired) electrons. The first kappa shape index (κ1) is 26.6. The fourth-order valence-corrected chi connectivity index (χ4v) is 5.14. The zero-order valence-electron chi connectivity index (χ0n) is 19.8. The number of hydrogen-bond acceptors (Lipinski definition) is 4. The number of nitrogens with zero attached hydrogens (tertiary/aromatic N) is 3. The molecule has 2 aliphatic heterocycles. The van der Waals surface area contributed by atoms with Crippen molar-refractivity contribution >= 4 is 35.8 Å². The number of likely N-dealkylation sites (tertiary alicyclic amines) is 1. The maximum absolute atomic E-state index is 12.8. The number of ether oxygens (including phenoxy) is 1. The van der Waals surface area contributed by atoms with Crippen LogP contribution in [0.1, 0.15) is 58.8 Å². The third-order valence-corrected chi connectivity index (χ3v) is 6.83. The van der Waals surface area contributed by atoms with Crippen molar-refractivity contribution in [3.05, 3.63) is 0 Å². The molecule has 0 spiro atoms. The summed E-state index contributed by atoms with van der Waals surface area (Å²) in [5, 5.41) is 7.13. The van der Waals surface area contributed by atoms with Gasteiger partial charge in [0, 0.05) is 57.8 Å². The molecule has 3 rings (SSSR count). The highest BCUT2D eigenvalue weighted by Gasteiger charge is 2.32. The highest BCUT2D eigenvalue weighted by Crippen LogP contribution is 2.26. The van der Waals surface area contributed by atoms with Crippen LogP contribution in [0.15, 0.2) is 4.99 Å². The largest absolute Gasteiger partial charge is 0.379 e. The van der Waals surface area contributed by atoms with E-state index in [9.17, 15) is 4.79 Å². The summed E-state index contributed by atoms with van der Waals surface area (Å²) in [7, 11) is 1.83. The first-order valence-electron chi connectivity index (χ1n) is 12.1. The predicted molar refractivity (Wildman–Crippen MR) is 137 cm³/mol. The van der Waals surface area contributed by atoms with Crippen molar-refractivity contribution in [1.82, 2.24) is 20.4 Å². The molecule has 2 N–H and O–H groups in total. The minimum Gasteiger partial charge on any atom is -0.379 e. The van der Waals surface area contributed by atoms with Gasteiger partial charge in [-0.1, -0.05) is 33.1 Å². The number of guanidine groups is 1. The molecule has 0 aromatic carbocycles. The van der Waals surface area contributed by atoms with Crippen molar-refractivity contribution in [3.8, 4) is 0 Å². The van der Waals surface area contributed by atoms with E-state index in [0.717, 1.165) is 77.6 Å². The van der Waals surface area contributed by atoms with Crippen LogP contribution in [-0.4, -0.2) is 86.7 Å². The Hall–Kier alpha value is -0.610. The molecule has 1 aliphatic carbocycles. The van der Waals surface area contributed by atoms with Crippen LogP contribution in [0.3, 0.4) is 0 Å². The Morgan fingerprint density at radius 1 is 1.10 bits per heavy atom. The summed E-state index contributed by atoms with van der Waals surface area (Å²) in [5.74, 6) is 2.16. The molecule has 2 saturated heterocycles.